The Morgan fingerprint density at radius 2 is 1.17 bits per heavy atom. The fourth-order valence-electron chi connectivity index (χ4n) is 2.17. The molecule has 0 saturated carbocycles. The minimum atomic E-state index is -4.51. The van der Waals surface area contributed by atoms with Gasteiger partial charge in [-0.2, -0.15) is 26.3 Å². The van der Waals surface area contributed by atoms with E-state index in [0.717, 1.165) is 24.3 Å². The van der Waals surface area contributed by atoms with Gasteiger partial charge in [-0.3, -0.25) is 0 Å². The molecule has 0 aromatic heterocycles. The first-order valence-electron chi connectivity index (χ1n) is 6.88. The summed E-state index contributed by atoms with van der Waals surface area (Å²) in [5.74, 6) is -0.134. The van der Waals surface area contributed by atoms with Crippen LogP contribution in [0.4, 0.5) is 26.3 Å². The van der Waals surface area contributed by atoms with Crippen LogP contribution in [0.15, 0.2) is 42.5 Å². The van der Waals surface area contributed by atoms with Crippen LogP contribution in [-0.2, 0) is 12.4 Å². The molecule has 0 radical (unpaired) electrons. The minimum absolute atomic E-state index is 0.134. The van der Waals surface area contributed by atoms with Gasteiger partial charge in [0.25, 0.3) is 0 Å². The van der Waals surface area contributed by atoms with Gasteiger partial charge in [-0.25, -0.2) is 0 Å². The van der Waals surface area contributed by atoms with E-state index in [4.69, 9.17) is 0 Å². The highest BCUT2D eigenvalue weighted by atomic mass is 19.4. The van der Waals surface area contributed by atoms with Crippen molar-refractivity contribution in [1.82, 2.24) is 0 Å². The van der Waals surface area contributed by atoms with Gasteiger partial charge in [-0.05, 0) is 46.9 Å². The van der Waals surface area contributed by atoms with Crippen LogP contribution in [0.1, 0.15) is 36.5 Å². The van der Waals surface area contributed by atoms with E-state index in [1.807, 2.05) is 0 Å². The number of halogens is 6. The van der Waals surface area contributed by atoms with Crippen LogP contribution in [0.25, 0.3) is 11.1 Å². The molecule has 6 heteroatoms. The highest BCUT2D eigenvalue weighted by Gasteiger charge is 2.32. The lowest BCUT2D eigenvalue weighted by Crippen LogP contribution is -2.07. The van der Waals surface area contributed by atoms with E-state index in [-0.39, 0.29) is 11.5 Å². The van der Waals surface area contributed by atoms with Crippen LogP contribution >= 0.6 is 0 Å². The Kier molecular flexibility index (Phi) is 4.46. The molecule has 0 fully saturated rings. The molecule has 2 aromatic rings. The molecule has 2 aromatic carbocycles. The van der Waals surface area contributed by atoms with Crippen LogP contribution < -0.4 is 0 Å². The SMILES string of the molecule is CC(C)c1cc(-c2ccc(C(F)(F)F)cc2)cc(C(F)(F)F)c1. The smallest absolute Gasteiger partial charge is 0.166 e. The summed E-state index contributed by atoms with van der Waals surface area (Å²) >= 11 is 0. The Balaban J connectivity index is 2.52. The molecule has 0 nitrogen and oxygen atoms in total. The van der Waals surface area contributed by atoms with Crippen molar-refractivity contribution in [2.75, 3.05) is 0 Å². The Bertz CT molecular complexity index is 678. The zero-order valence-electron chi connectivity index (χ0n) is 12.4. The van der Waals surface area contributed by atoms with E-state index in [0.29, 0.717) is 11.1 Å². The summed E-state index contributed by atoms with van der Waals surface area (Å²) < 4.78 is 76.7. The summed E-state index contributed by atoms with van der Waals surface area (Å²) in [7, 11) is 0. The highest BCUT2D eigenvalue weighted by molar-refractivity contribution is 5.66. The molecule has 0 aliphatic carbocycles. The van der Waals surface area contributed by atoms with E-state index in [1.165, 1.54) is 12.1 Å². The lowest BCUT2D eigenvalue weighted by molar-refractivity contribution is -0.138. The molecule has 23 heavy (non-hydrogen) atoms. The highest BCUT2D eigenvalue weighted by Crippen LogP contribution is 2.36. The number of alkyl halides is 6. The largest absolute Gasteiger partial charge is 0.416 e. The van der Waals surface area contributed by atoms with E-state index >= 15 is 0 Å². The summed E-state index contributed by atoms with van der Waals surface area (Å²) in [5, 5.41) is 0. The maximum atomic E-state index is 13.0. The van der Waals surface area contributed by atoms with Gasteiger partial charge >= 0.3 is 12.4 Å². The molecule has 0 spiro atoms. The molecule has 0 saturated heterocycles. The first kappa shape index (κ1) is 17.4. The molecule has 124 valence electrons. The maximum absolute atomic E-state index is 13.0. The summed E-state index contributed by atoms with van der Waals surface area (Å²) in [6, 6.07) is 7.69. The first-order valence-corrected chi connectivity index (χ1v) is 6.88. The molecule has 2 rings (SSSR count). The van der Waals surface area contributed by atoms with Gasteiger partial charge in [-0.15, -0.1) is 0 Å². The van der Waals surface area contributed by atoms with Gasteiger partial charge in [-0.1, -0.05) is 32.0 Å². The molecule has 0 aliphatic rings. The Hall–Kier alpha value is -1.98. The fourth-order valence-corrected chi connectivity index (χ4v) is 2.17. The third kappa shape index (κ3) is 4.06. The zero-order chi connectivity index (χ0) is 17.4. The Morgan fingerprint density at radius 1 is 0.652 bits per heavy atom. The normalized spacial score (nSPS) is 12.7. The van der Waals surface area contributed by atoms with E-state index in [9.17, 15) is 26.3 Å². The van der Waals surface area contributed by atoms with Crippen LogP contribution in [-0.4, -0.2) is 0 Å². The van der Waals surface area contributed by atoms with Crippen LogP contribution in [0.3, 0.4) is 0 Å². The van der Waals surface area contributed by atoms with Crippen LogP contribution in [0, 0.1) is 0 Å². The number of hydrogen-bond donors (Lipinski definition) is 0. The van der Waals surface area contributed by atoms with Crippen LogP contribution in [0.5, 0.6) is 0 Å². The second kappa shape index (κ2) is 5.91. The molecule has 0 aliphatic heterocycles. The summed E-state index contributed by atoms with van der Waals surface area (Å²) in [5.41, 5.74) is -0.603. The average Bonchev–Trinajstić information content (AvgIpc) is 2.45. The molecule has 0 bridgehead atoms. The second-order valence-electron chi connectivity index (χ2n) is 5.57. The number of rotatable bonds is 2. The molecule has 0 heterocycles. The topological polar surface area (TPSA) is 0 Å². The van der Waals surface area contributed by atoms with Gasteiger partial charge in [0.15, 0.2) is 0 Å². The number of benzene rings is 2. The van der Waals surface area contributed by atoms with Crippen molar-refractivity contribution in [3.8, 4) is 11.1 Å². The zero-order valence-corrected chi connectivity index (χ0v) is 12.4. The average molecular weight is 332 g/mol. The molecular weight excluding hydrogens is 318 g/mol. The molecular formula is C17H14F6. The third-order valence-corrected chi connectivity index (χ3v) is 3.49. The van der Waals surface area contributed by atoms with E-state index in [1.54, 1.807) is 19.9 Å². The van der Waals surface area contributed by atoms with Crippen molar-refractivity contribution in [3.63, 3.8) is 0 Å². The quantitative estimate of drug-likeness (QED) is 0.550. The van der Waals surface area contributed by atoms with E-state index in [2.05, 4.69) is 0 Å². The van der Waals surface area contributed by atoms with Crippen molar-refractivity contribution < 1.29 is 26.3 Å². The van der Waals surface area contributed by atoms with Crippen molar-refractivity contribution in [1.29, 1.82) is 0 Å². The fraction of sp³-hybridized carbons (Fsp3) is 0.294. The maximum Gasteiger partial charge on any atom is 0.416 e. The minimum Gasteiger partial charge on any atom is -0.166 e. The standard InChI is InChI=1S/C17H14F6/c1-10(2)12-7-13(9-15(8-12)17(21,22)23)11-3-5-14(6-4-11)16(18,19)20/h3-10H,1-2H3. The third-order valence-electron chi connectivity index (χ3n) is 3.49. The summed E-state index contributed by atoms with van der Waals surface area (Å²) in [6.07, 6.45) is -8.99. The molecule has 0 N–H and O–H groups in total. The van der Waals surface area contributed by atoms with Gasteiger partial charge in [0, 0.05) is 0 Å². The van der Waals surface area contributed by atoms with Gasteiger partial charge in [0.05, 0.1) is 11.1 Å². The molecule has 0 unspecified atom stereocenters. The predicted molar refractivity (Wildman–Crippen MR) is 76.0 cm³/mol. The lowest BCUT2D eigenvalue weighted by Gasteiger charge is -2.15. The number of hydrogen-bond acceptors (Lipinski definition) is 0. The van der Waals surface area contributed by atoms with Gasteiger partial charge in [0.2, 0.25) is 0 Å². The summed E-state index contributed by atoms with van der Waals surface area (Å²) in [4.78, 5) is 0. The molecule has 0 atom stereocenters. The predicted octanol–water partition coefficient (Wildman–Crippen LogP) is 6.51. The van der Waals surface area contributed by atoms with Crippen molar-refractivity contribution >= 4 is 0 Å². The van der Waals surface area contributed by atoms with E-state index < -0.39 is 23.5 Å². The van der Waals surface area contributed by atoms with Gasteiger partial charge in [0.1, 0.15) is 0 Å². The first-order chi connectivity index (χ1) is 10.5. The van der Waals surface area contributed by atoms with Crippen molar-refractivity contribution in [2.24, 2.45) is 0 Å². The van der Waals surface area contributed by atoms with Crippen LogP contribution in [0.2, 0.25) is 0 Å². The lowest BCUT2D eigenvalue weighted by atomic mass is 9.94. The second-order valence-corrected chi connectivity index (χ2v) is 5.57. The van der Waals surface area contributed by atoms with Crippen molar-refractivity contribution in [3.05, 3.63) is 59.2 Å². The Labute approximate surface area is 129 Å². The van der Waals surface area contributed by atoms with Gasteiger partial charge < -0.3 is 0 Å². The monoisotopic (exact) mass is 332 g/mol. The Morgan fingerprint density at radius 3 is 1.61 bits per heavy atom. The van der Waals surface area contributed by atoms with Crippen molar-refractivity contribution in [2.45, 2.75) is 32.1 Å². The molecule has 0 amide bonds. The summed E-state index contributed by atoms with van der Waals surface area (Å²) in [6.45, 7) is 3.51.